The zero-order valence-electron chi connectivity index (χ0n) is 9.00. The lowest BCUT2D eigenvalue weighted by atomic mass is 10.2. The number of ether oxygens (including phenoxy) is 1. The maximum absolute atomic E-state index is 11.3. The molecule has 0 aromatic carbocycles. The third-order valence-electron chi connectivity index (χ3n) is 2.52. The molecule has 0 radical (unpaired) electrons. The molecule has 0 atom stereocenters. The van der Waals surface area contributed by atoms with Crippen molar-refractivity contribution in [1.82, 2.24) is 0 Å². The fourth-order valence-corrected chi connectivity index (χ4v) is 1.74. The Bertz CT molecular complexity index is 190. The van der Waals surface area contributed by atoms with Crippen LogP contribution >= 0.6 is 0 Å². The molecule has 1 saturated carbocycles. The number of carbonyl (C=O) groups is 1. The molecule has 1 aliphatic carbocycles. The van der Waals surface area contributed by atoms with Crippen molar-refractivity contribution in [2.75, 3.05) is 0 Å². The molecule has 0 amide bonds. The third kappa shape index (κ3) is 4.45. The van der Waals surface area contributed by atoms with Gasteiger partial charge in [0.05, 0.1) is 0 Å². The van der Waals surface area contributed by atoms with E-state index in [2.05, 4.69) is 19.1 Å². The van der Waals surface area contributed by atoms with Crippen LogP contribution in [0.25, 0.3) is 0 Å². The summed E-state index contributed by atoms with van der Waals surface area (Å²) in [6.07, 6.45) is 11.3. The van der Waals surface area contributed by atoms with Crippen LogP contribution in [0.1, 0.15) is 51.9 Å². The van der Waals surface area contributed by atoms with Crippen molar-refractivity contribution in [1.29, 1.82) is 0 Å². The lowest BCUT2D eigenvalue weighted by Crippen LogP contribution is -2.13. The van der Waals surface area contributed by atoms with Gasteiger partial charge in [-0.25, -0.2) is 0 Å². The summed E-state index contributed by atoms with van der Waals surface area (Å²) in [6.45, 7) is 2.09. The van der Waals surface area contributed by atoms with E-state index >= 15 is 0 Å². The van der Waals surface area contributed by atoms with Crippen molar-refractivity contribution in [3.8, 4) is 0 Å². The minimum Gasteiger partial charge on any atom is -0.462 e. The van der Waals surface area contributed by atoms with E-state index in [4.69, 9.17) is 4.74 Å². The molecule has 0 spiro atoms. The van der Waals surface area contributed by atoms with Crippen molar-refractivity contribution in [2.24, 2.45) is 0 Å². The van der Waals surface area contributed by atoms with Crippen LogP contribution in [0.15, 0.2) is 12.2 Å². The van der Waals surface area contributed by atoms with Crippen LogP contribution in [-0.4, -0.2) is 12.1 Å². The minimum absolute atomic E-state index is 0.0300. The molecule has 1 fully saturated rings. The van der Waals surface area contributed by atoms with Crippen molar-refractivity contribution >= 4 is 5.97 Å². The largest absolute Gasteiger partial charge is 0.462 e. The molecule has 0 bridgehead atoms. The van der Waals surface area contributed by atoms with Gasteiger partial charge in [-0.15, -0.1) is 0 Å². The summed E-state index contributed by atoms with van der Waals surface area (Å²) in [6, 6.07) is 0. The Morgan fingerprint density at radius 1 is 1.36 bits per heavy atom. The molecule has 1 aliphatic rings. The molecule has 0 N–H and O–H groups in total. The van der Waals surface area contributed by atoms with Crippen molar-refractivity contribution < 1.29 is 9.53 Å². The van der Waals surface area contributed by atoms with Gasteiger partial charge in [-0.3, -0.25) is 4.79 Å². The molecule has 0 heterocycles. The fourth-order valence-electron chi connectivity index (χ4n) is 1.74. The number of hydrogen-bond acceptors (Lipinski definition) is 2. The van der Waals surface area contributed by atoms with Gasteiger partial charge in [0, 0.05) is 6.42 Å². The van der Waals surface area contributed by atoms with E-state index in [0.717, 1.165) is 25.7 Å². The van der Waals surface area contributed by atoms with Gasteiger partial charge in [-0.05, 0) is 38.5 Å². The molecular weight excluding hydrogens is 176 g/mol. The van der Waals surface area contributed by atoms with Crippen LogP contribution in [0.4, 0.5) is 0 Å². The number of rotatable bonds is 5. The van der Waals surface area contributed by atoms with Gasteiger partial charge in [0.15, 0.2) is 0 Å². The monoisotopic (exact) mass is 196 g/mol. The van der Waals surface area contributed by atoms with Crippen molar-refractivity contribution in [3.63, 3.8) is 0 Å². The molecule has 2 nitrogen and oxygen atoms in total. The Morgan fingerprint density at radius 2 is 2.07 bits per heavy atom. The third-order valence-corrected chi connectivity index (χ3v) is 2.52. The Labute approximate surface area is 86.3 Å². The second-order valence-corrected chi connectivity index (χ2v) is 3.81. The fraction of sp³-hybridized carbons (Fsp3) is 0.750. The highest BCUT2D eigenvalue weighted by Gasteiger charge is 2.18. The van der Waals surface area contributed by atoms with Gasteiger partial charge >= 0.3 is 5.97 Å². The topological polar surface area (TPSA) is 26.3 Å². The van der Waals surface area contributed by atoms with E-state index in [9.17, 15) is 4.79 Å². The molecule has 0 aliphatic heterocycles. The van der Waals surface area contributed by atoms with Crippen LogP contribution in [0.3, 0.4) is 0 Å². The zero-order valence-corrected chi connectivity index (χ0v) is 9.00. The second kappa shape index (κ2) is 6.63. The summed E-state index contributed by atoms with van der Waals surface area (Å²) in [5.74, 6) is -0.0300. The summed E-state index contributed by atoms with van der Waals surface area (Å²) in [4.78, 5) is 11.3. The highest BCUT2D eigenvalue weighted by molar-refractivity contribution is 5.69. The lowest BCUT2D eigenvalue weighted by Gasteiger charge is -2.10. The molecule has 0 unspecified atom stereocenters. The van der Waals surface area contributed by atoms with Crippen LogP contribution in [-0.2, 0) is 9.53 Å². The molecule has 0 aromatic heterocycles. The summed E-state index contributed by atoms with van der Waals surface area (Å²) < 4.78 is 5.32. The summed E-state index contributed by atoms with van der Waals surface area (Å²) in [5.41, 5.74) is 0. The average molecular weight is 196 g/mol. The minimum atomic E-state index is -0.0300. The quantitative estimate of drug-likeness (QED) is 0.498. The van der Waals surface area contributed by atoms with Gasteiger partial charge in [0.1, 0.15) is 6.10 Å². The first-order chi connectivity index (χ1) is 6.83. The first-order valence-corrected chi connectivity index (χ1v) is 5.67. The Morgan fingerprint density at radius 3 is 2.71 bits per heavy atom. The van der Waals surface area contributed by atoms with E-state index in [0.29, 0.717) is 6.42 Å². The normalized spacial score (nSPS) is 17.8. The summed E-state index contributed by atoms with van der Waals surface area (Å²) >= 11 is 0. The average Bonchev–Trinajstić information content (AvgIpc) is 2.65. The van der Waals surface area contributed by atoms with E-state index in [1.807, 2.05) is 0 Å². The molecular formula is C12H20O2. The number of allylic oxidation sites excluding steroid dienone is 2. The number of hydrogen-bond donors (Lipinski definition) is 0. The maximum atomic E-state index is 11.3. The predicted molar refractivity (Wildman–Crippen MR) is 57.0 cm³/mol. The molecule has 2 heteroatoms. The van der Waals surface area contributed by atoms with Gasteiger partial charge in [0.25, 0.3) is 0 Å². The van der Waals surface area contributed by atoms with Crippen LogP contribution in [0.2, 0.25) is 0 Å². The SMILES string of the molecule is CCC=CCCC(=O)OC1CCCC1. The van der Waals surface area contributed by atoms with Crippen LogP contribution < -0.4 is 0 Å². The Hall–Kier alpha value is -0.790. The van der Waals surface area contributed by atoms with Gasteiger partial charge in [0.2, 0.25) is 0 Å². The first kappa shape index (κ1) is 11.3. The second-order valence-electron chi connectivity index (χ2n) is 3.81. The molecule has 0 saturated heterocycles. The van der Waals surface area contributed by atoms with E-state index in [1.165, 1.54) is 12.8 Å². The standard InChI is InChI=1S/C12H20O2/c1-2-3-4-5-10-12(13)14-11-8-6-7-9-11/h3-4,11H,2,5-10H2,1H3. The molecule has 0 aromatic rings. The van der Waals surface area contributed by atoms with Gasteiger partial charge < -0.3 is 4.74 Å². The summed E-state index contributed by atoms with van der Waals surface area (Å²) in [7, 11) is 0. The lowest BCUT2D eigenvalue weighted by molar-refractivity contribution is -0.148. The Balaban J connectivity index is 2.06. The van der Waals surface area contributed by atoms with Crippen molar-refractivity contribution in [3.05, 3.63) is 12.2 Å². The highest BCUT2D eigenvalue weighted by Crippen LogP contribution is 2.21. The zero-order chi connectivity index (χ0) is 10.2. The first-order valence-electron chi connectivity index (χ1n) is 5.67. The predicted octanol–water partition coefficient (Wildman–Crippen LogP) is 3.22. The van der Waals surface area contributed by atoms with Crippen molar-refractivity contribution in [2.45, 2.75) is 58.0 Å². The van der Waals surface area contributed by atoms with Crippen LogP contribution in [0, 0.1) is 0 Å². The number of carbonyl (C=O) groups excluding carboxylic acids is 1. The van der Waals surface area contributed by atoms with Gasteiger partial charge in [-0.1, -0.05) is 19.1 Å². The number of esters is 1. The highest BCUT2D eigenvalue weighted by atomic mass is 16.5. The maximum Gasteiger partial charge on any atom is 0.306 e. The van der Waals surface area contributed by atoms with Crippen LogP contribution in [0.5, 0.6) is 0 Å². The molecule has 1 rings (SSSR count). The smallest absolute Gasteiger partial charge is 0.306 e. The molecule has 14 heavy (non-hydrogen) atoms. The molecule has 80 valence electrons. The van der Waals surface area contributed by atoms with E-state index < -0.39 is 0 Å². The van der Waals surface area contributed by atoms with Gasteiger partial charge in [-0.2, -0.15) is 0 Å². The summed E-state index contributed by atoms with van der Waals surface area (Å²) in [5, 5.41) is 0. The van der Waals surface area contributed by atoms with E-state index in [-0.39, 0.29) is 12.1 Å². The van der Waals surface area contributed by atoms with E-state index in [1.54, 1.807) is 0 Å². The Kier molecular flexibility index (Phi) is 5.35.